The molecule has 1 aromatic rings. The summed E-state index contributed by atoms with van der Waals surface area (Å²) in [4.78, 5) is 0. The van der Waals surface area contributed by atoms with Crippen molar-refractivity contribution in [3.63, 3.8) is 0 Å². The SMILES string of the molecule is N[C@H](c1ccc(Cl)c(Br)c1)[C@@H](O)C1CCCCC1. The molecule has 0 bridgehead atoms. The highest BCUT2D eigenvalue weighted by atomic mass is 79.9. The summed E-state index contributed by atoms with van der Waals surface area (Å²) in [6.45, 7) is 0. The van der Waals surface area contributed by atoms with Gasteiger partial charge in [-0.2, -0.15) is 0 Å². The molecule has 0 radical (unpaired) electrons. The van der Waals surface area contributed by atoms with Gasteiger partial charge in [0.05, 0.1) is 17.2 Å². The number of aliphatic hydroxyl groups is 1. The van der Waals surface area contributed by atoms with Crippen molar-refractivity contribution in [1.82, 2.24) is 0 Å². The minimum absolute atomic E-state index is 0.332. The van der Waals surface area contributed by atoms with Gasteiger partial charge >= 0.3 is 0 Å². The maximum Gasteiger partial charge on any atom is 0.0760 e. The number of rotatable bonds is 3. The fraction of sp³-hybridized carbons (Fsp3) is 0.571. The first kappa shape index (κ1) is 14.3. The predicted octanol–water partition coefficient (Wildman–Crippen LogP) is 4.04. The molecule has 3 N–H and O–H groups in total. The minimum atomic E-state index is -0.460. The standard InChI is InChI=1S/C14H19BrClNO/c15-11-8-10(6-7-12(11)16)13(17)14(18)9-4-2-1-3-5-9/h6-9,13-14,18H,1-5,17H2/t13-,14+/m1/s1. The molecule has 4 heteroatoms. The first-order chi connectivity index (χ1) is 8.59. The number of nitrogens with two attached hydrogens (primary N) is 1. The van der Waals surface area contributed by atoms with Crippen LogP contribution in [-0.2, 0) is 0 Å². The molecule has 1 aromatic carbocycles. The summed E-state index contributed by atoms with van der Waals surface area (Å²) in [7, 11) is 0. The fourth-order valence-corrected chi connectivity index (χ4v) is 3.20. The van der Waals surface area contributed by atoms with Crippen LogP contribution in [0.2, 0.25) is 5.02 Å². The molecule has 1 saturated carbocycles. The third-order valence-corrected chi connectivity index (χ3v) is 5.04. The summed E-state index contributed by atoms with van der Waals surface area (Å²) >= 11 is 9.35. The molecule has 0 amide bonds. The summed E-state index contributed by atoms with van der Waals surface area (Å²) in [5, 5.41) is 11.0. The van der Waals surface area contributed by atoms with E-state index < -0.39 is 6.10 Å². The van der Waals surface area contributed by atoms with Gasteiger partial charge in [0.25, 0.3) is 0 Å². The van der Waals surface area contributed by atoms with Crippen LogP contribution in [0.3, 0.4) is 0 Å². The van der Waals surface area contributed by atoms with Gasteiger partial charge < -0.3 is 10.8 Å². The van der Waals surface area contributed by atoms with Gasteiger partial charge in [-0.25, -0.2) is 0 Å². The van der Waals surface area contributed by atoms with Crippen molar-refractivity contribution in [1.29, 1.82) is 0 Å². The van der Waals surface area contributed by atoms with Crippen LogP contribution in [-0.4, -0.2) is 11.2 Å². The van der Waals surface area contributed by atoms with Crippen molar-refractivity contribution in [3.8, 4) is 0 Å². The molecule has 1 fully saturated rings. The summed E-state index contributed by atoms with van der Waals surface area (Å²) in [6.07, 6.45) is 5.41. The number of benzene rings is 1. The van der Waals surface area contributed by atoms with Gasteiger partial charge in [0.2, 0.25) is 0 Å². The minimum Gasteiger partial charge on any atom is -0.391 e. The van der Waals surface area contributed by atoms with Crippen molar-refractivity contribution in [3.05, 3.63) is 33.3 Å². The summed E-state index contributed by atoms with van der Waals surface area (Å²) in [5.41, 5.74) is 7.11. The molecule has 18 heavy (non-hydrogen) atoms. The molecule has 0 aromatic heterocycles. The van der Waals surface area contributed by atoms with Gasteiger partial charge in [0.1, 0.15) is 0 Å². The molecule has 1 aliphatic carbocycles. The van der Waals surface area contributed by atoms with Crippen molar-refractivity contribution < 1.29 is 5.11 Å². The van der Waals surface area contributed by atoms with E-state index in [0.717, 1.165) is 22.9 Å². The number of halogens is 2. The molecule has 2 nitrogen and oxygen atoms in total. The third-order valence-electron chi connectivity index (χ3n) is 3.83. The molecule has 0 spiro atoms. The average molecular weight is 333 g/mol. The van der Waals surface area contributed by atoms with E-state index in [2.05, 4.69) is 15.9 Å². The lowest BCUT2D eigenvalue weighted by atomic mass is 9.81. The monoisotopic (exact) mass is 331 g/mol. The molecular weight excluding hydrogens is 314 g/mol. The Morgan fingerprint density at radius 1 is 1.28 bits per heavy atom. The Hall–Kier alpha value is -0.0900. The Bertz CT molecular complexity index is 407. The smallest absolute Gasteiger partial charge is 0.0760 e. The Labute approximate surface area is 122 Å². The van der Waals surface area contributed by atoms with Crippen LogP contribution < -0.4 is 5.73 Å². The highest BCUT2D eigenvalue weighted by molar-refractivity contribution is 9.10. The molecule has 0 heterocycles. The van der Waals surface area contributed by atoms with E-state index in [1.165, 1.54) is 19.3 Å². The van der Waals surface area contributed by atoms with E-state index in [-0.39, 0.29) is 6.04 Å². The summed E-state index contributed by atoms with van der Waals surface area (Å²) in [6, 6.07) is 5.28. The van der Waals surface area contributed by atoms with Gasteiger partial charge in [-0.15, -0.1) is 0 Å². The van der Waals surface area contributed by atoms with Crippen molar-refractivity contribution in [2.45, 2.75) is 44.2 Å². The van der Waals surface area contributed by atoms with E-state index in [4.69, 9.17) is 17.3 Å². The molecule has 1 aliphatic rings. The van der Waals surface area contributed by atoms with Crippen LogP contribution >= 0.6 is 27.5 Å². The maximum absolute atomic E-state index is 10.4. The topological polar surface area (TPSA) is 46.2 Å². The summed E-state index contributed by atoms with van der Waals surface area (Å²) in [5.74, 6) is 0.336. The van der Waals surface area contributed by atoms with Gasteiger partial charge in [0, 0.05) is 4.47 Å². The molecule has 0 saturated heterocycles. The first-order valence-electron chi connectivity index (χ1n) is 6.48. The van der Waals surface area contributed by atoms with Gasteiger partial charge in [0.15, 0.2) is 0 Å². The Balaban J connectivity index is 2.09. The molecule has 2 rings (SSSR count). The van der Waals surface area contributed by atoms with Crippen LogP contribution in [0.4, 0.5) is 0 Å². The maximum atomic E-state index is 10.4. The molecular formula is C14H19BrClNO. The number of hydrogen-bond donors (Lipinski definition) is 2. The second-order valence-corrected chi connectivity index (χ2v) is 6.35. The zero-order valence-electron chi connectivity index (χ0n) is 10.3. The van der Waals surface area contributed by atoms with E-state index in [9.17, 15) is 5.11 Å². The lowest BCUT2D eigenvalue weighted by Crippen LogP contribution is -2.34. The van der Waals surface area contributed by atoms with E-state index in [1.807, 2.05) is 18.2 Å². The second-order valence-electron chi connectivity index (χ2n) is 5.09. The van der Waals surface area contributed by atoms with Crippen molar-refractivity contribution >= 4 is 27.5 Å². The zero-order valence-corrected chi connectivity index (χ0v) is 12.6. The highest BCUT2D eigenvalue weighted by Crippen LogP contribution is 2.33. The van der Waals surface area contributed by atoms with Gasteiger partial charge in [-0.1, -0.05) is 36.9 Å². The lowest BCUT2D eigenvalue weighted by molar-refractivity contribution is 0.0618. The molecule has 100 valence electrons. The van der Waals surface area contributed by atoms with Crippen LogP contribution in [0.5, 0.6) is 0 Å². The van der Waals surface area contributed by atoms with Gasteiger partial charge in [-0.05, 0) is 52.4 Å². The molecule has 0 aliphatic heterocycles. The van der Waals surface area contributed by atoms with E-state index >= 15 is 0 Å². The quantitative estimate of drug-likeness (QED) is 0.877. The van der Waals surface area contributed by atoms with Crippen LogP contribution in [0.15, 0.2) is 22.7 Å². The molecule has 2 atom stereocenters. The Morgan fingerprint density at radius 3 is 2.56 bits per heavy atom. The third kappa shape index (κ3) is 3.27. The van der Waals surface area contributed by atoms with Crippen LogP contribution in [0, 0.1) is 5.92 Å². The van der Waals surface area contributed by atoms with E-state index in [1.54, 1.807) is 0 Å². The van der Waals surface area contributed by atoms with Gasteiger partial charge in [-0.3, -0.25) is 0 Å². The normalized spacial score (nSPS) is 20.7. The van der Waals surface area contributed by atoms with Crippen LogP contribution in [0.1, 0.15) is 43.7 Å². The first-order valence-corrected chi connectivity index (χ1v) is 7.65. The average Bonchev–Trinajstić information content (AvgIpc) is 2.41. The Morgan fingerprint density at radius 2 is 1.94 bits per heavy atom. The Kier molecular flexibility index (Phi) is 5.07. The lowest BCUT2D eigenvalue weighted by Gasteiger charge is -2.30. The molecule has 0 unspecified atom stereocenters. The zero-order chi connectivity index (χ0) is 13.1. The number of aliphatic hydroxyl groups excluding tert-OH is 1. The second kappa shape index (κ2) is 6.38. The van der Waals surface area contributed by atoms with Crippen molar-refractivity contribution in [2.24, 2.45) is 11.7 Å². The van der Waals surface area contributed by atoms with E-state index in [0.29, 0.717) is 10.9 Å². The number of hydrogen-bond acceptors (Lipinski definition) is 2. The van der Waals surface area contributed by atoms with Crippen molar-refractivity contribution in [2.75, 3.05) is 0 Å². The fourth-order valence-electron chi connectivity index (χ4n) is 2.69. The summed E-state index contributed by atoms with van der Waals surface area (Å²) < 4.78 is 0.827. The largest absolute Gasteiger partial charge is 0.391 e. The predicted molar refractivity (Wildman–Crippen MR) is 78.7 cm³/mol. The highest BCUT2D eigenvalue weighted by Gasteiger charge is 2.27. The van der Waals surface area contributed by atoms with Crippen LogP contribution in [0.25, 0.3) is 0 Å².